The Hall–Kier alpha value is -3.57. The number of halogens is 4. The number of carbonyl (C=O) groups is 2. The molecule has 3 rings (SSSR count). The zero-order chi connectivity index (χ0) is 30.4. The fraction of sp³-hybridized carbons (Fsp3) is 0.310. The van der Waals surface area contributed by atoms with E-state index >= 15 is 0 Å². The predicted octanol–water partition coefficient (Wildman–Crippen LogP) is 5.81. The molecule has 3 aromatic carbocycles. The van der Waals surface area contributed by atoms with Crippen molar-refractivity contribution < 1.29 is 31.2 Å². The second kappa shape index (κ2) is 13.4. The van der Waals surface area contributed by atoms with Crippen LogP contribution in [-0.2, 0) is 32.3 Å². The first-order valence-corrected chi connectivity index (χ1v) is 14.7. The lowest BCUT2D eigenvalue weighted by Crippen LogP contribution is -2.52. The Kier molecular flexibility index (Phi) is 10.4. The highest BCUT2D eigenvalue weighted by atomic mass is 35.5. The van der Waals surface area contributed by atoms with Crippen LogP contribution in [0.15, 0.2) is 77.7 Å². The van der Waals surface area contributed by atoms with Crippen molar-refractivity contribution in [1.29, 1.82) is 0 Å². The van der Waals surface area contributed by atoms with E-state index in [1.165, 1.54) is 29.2 Å². The van der Waals surface area contributed by atoms with Gasteiger partial charge in [0, 0.05) is 13.1 Å². The predicted molar refractivity (Wildman–Crippen MR) is 152 cm³/mol. The summed E-state index contributed by atoms with van der Waals surface area (Å²) >= 11 is 5.79. The molecule has 0 aliphatic heterocycles. The number of benzene rings is 3. The third-order valence-corrected chi connectivity index (χ3v) is 8.48. The molecule has 220 valence electrons. The highest BCUT2D eigenvalue weighted by Crippen LogP contribution is 2.38. The first-order valence-electron chi connectivity index (χ1n) is 12.9. The second-order valence-corrected chi connectivity index (χ2v) is 11.6. The van der Waals surface area contributed by atoms with E-state index in [4.69, 9.17) is 11.6 Å². The molecule has 0 aliphatic rings. The number of nitrogens with zero attached hydrogens (tertiary/aromatic N) is 2. The summed E-state index contributed by atoms with van der Waals surface area (Å²) in [5, 5.41) is 2.08. The molecule has 0 aromatic heterocycles. The Morgan fingerprint density at radius 3 is 2.17 bits per heavy atom. The van der Waals surface area contributed by atoms with Crippen molar-refractivity contribution in [3.05, 3.63) is 94.5 Å². The van der Waals surface area contributed by atoms with Gasteiger partial charge >= 0.3 is 6.18 Å². The molecular weight excluding hydrogens is 579 g/mol. The summed E-state index contributed by atoms with van der Waals surface area (Å²) in [4.78, 5) is 27.9. The van der Waals surface area contributed by atoms with Gasteiger partial charge in [-0.3, -0.25) is 13.9 Å². The molecule has 0 saturated heterocycles. The van der Waals surface area contributed by atoms with Crippen LogP contribution in [0, 0.1) is 6.92 Å². The van der Waals surface area contributed by atoms with Crippen LogP contribution >= 0.6 is 11.6 Å². The van der Waals surface area contributed by atoms with Gasteiger partial charge in [0.15, 0.2) is 0 Å². The van der Waals surface area contributed by atoms with E-state index in [0.29, 0.717) is 22.5 Å². The van der Waals surface area contributed by atoms with E-state index in [0.717, 1.165) is 17.7 Å². The summed E-state index contributed by atoms with van der Waals surface area (Å²) in [6.45, 7) is 4.75. The Labute approximate surface area is 243 Å². The molecule has 0 heterocycles. The molecule has 1 N–H and O–H groups in total. The van der Waals surface area contributed by atoms with Gasteiger partial charge in [0.1, 0.15) is 12.6 Å². The quantitative estimate of drug-likeness (QED) is 0.297. The van der Waals surface area contributed by atoms with E-state index in [-0.39, 0.29) is 17.9 Å². The summed E-state index contributed by atoms with van der Waals surface area (Å²) in [6.07, 6.45) is -4.66. The maximum absolute atomic E-state index is 13.9. The average molecular weight is 610 g/mol. The molecule has 1 atom stereocenters. The number of anilines is 1. The Bertz CT molecular complexity index is 1470. The minimum absolute atomic E-state index is 0.0254. The summed E-state index contributed by atoms with van der Waals surface area (Å²) in [7, 11) is -4.52. The minimum Gasteiger partial charge on any atom is -0.355 e. The molecule has 7 nitrogen and oxygen atoms in total. The minimum atomic E-state index is -4.87. The second-order valence-electron chi connectivity index (χ2n) is 9.31. The molecule has 1 unspecified atom stereocenters. The third-order valence-electron chi connectivity index (χ3n) is 6.36. The number of carbonyl (C=O) groups excluding carboxylic acids is 2. The molecule has 0 bridgehead atoms. The molecular formula is C29H31ClF3N3O4S. The van der Waals surface area contributed by atoms with Gasteiger partial charge in [-0.1, -0.05) is 66.6 Å². The van der Waals surface area contributed by atoms with Crippen LogP contribution in [0.5, 0.6) is 0 Å². The monoisotopic (exact) mass is 609 g/mol. The van der Waals surface area contributed by atoms with E-state index < -0.39 is 56.9 Å². The highest BCUT2D eigenvalue weighted by molar-refractivity contribution is 7.92. The number of hydrogen-bond acceptors (Lipinski definition) is 4. The Balaban J connectivity index is 2.13. The van der Waals surface area contributed by atoms with Gasteiger partial charge in [0.05, 0.1) is 21.2 Å². The van der Waals surface area contributed by atoms with Gasteiger partial charge in [-0.25, -0.2) is 8.42 Å². The molecule has 41 heavy (non-hydrogen) atoms. The maximum Gasteiger partial charge on any atom is 0.417 e. The van der Waals surface area contributed by atoms with Crippen molar-refractivity contribution in [2.24, 2.45) is 0 Å². The molecule has 12 heteroatoms. The van der Waals surface area contributed by atoms with E-state index in [2.05, 4.69) is 5.32 Å². The van der Waals surface area contributed by atoms with Gasteiger partial charge in [-0.15, -0.1) is 0 Å². The molecule has 0 fully saturated rings. The maximum atomic E-state index is 13.9. The lowest BCUT2D eigenvalue weighted by atomic mass is 10.1. The van der Waals surface area contributed by atoms with Crippen LogP contribution in [0.3, 0.4) is 0 Å². The van der Waals surface area contributed by atoms with E-state index in [9.17, 15) is 31.2 Å². The lowest BCUT2D eigenvalue weighted by Gasteiger charge is -2.33. The van der Waals surface area contributed by atoms with Crippen LogP contribution in [-0.4, -0.2) is 44.3 Å². The van der Waals surface area contributed by atoms with Crippen molar-refractivity contribution in [3.8, 4) is 0 Å². The number of amides is 2. The van der Waals surface area contributed by atoms with Crippen LogP contribution in [0.2, 0.25) is 5.02 Å². The molecule has 3 aromatic rings. The normalized spacial score (nSPS) is 12.5. The van der Waals surface area contributed by atoms with Crippen molar-refractivity contribution in [3.63, 3.8) is 0 Å². The fourth-order valence-corrected chi connectivity index (χ4v) is 5.89. The SMILES string of the molecule is CCNC(=O)C(CC)N(Cc1ccc(C)cc1)C(=O)CN(c1ccc(Cl)c(C(F)(F)F)c1)S(=O)(=O)c1ccccc1. The van der Waals surface area contributed by atoms with Crippen molar-refractivity contribution in [1.82, 2.24) is 10.2 Å². The first kappa shape index (κ1) is 32.0. The molecule has 2 amide bonds. The topological polar surface area (TPSA) is 86.8 Å². The first-order chi connectivity index (χ1) is 19.3. The Morgan fingerprint density at radius 1 is 0.976 bits per heavy atom. The van der Waals surface area contributed by atoms with E-state index in [1.54, 1.807) is 32.0 Å². The largest absolute Gasteiger partial charge is 0.417 e. The van der Waals surface area contributed by atoms with E-state index in [1.807, 2.05) is 19.1 Å². The summed E-state index contributed by atoms with van der Waals surface area (Å²) in [5.74, 6) is -1.20. The van der Waals surface area contributed by atoms with Crippen LogP contribution in [0.1, 0.15) is 37.0 Å². The molecule has 0 saturated carbocycles. The van der Waals surface area contributed by atoms with Gasteiger partial charge in [0.2, 0.25) is 11.8 Å². The number of aryl methyl sites for hydroxylation is 1. The van der Waals surface area contributed by atoms with Crippen molar-refractivity contribution >= 4 is 39.1 Å². The molecule has 0 radical (unpaired) electrons. The van der Waals surface area contributed by atoms with Crippen LogP contribution in [0.4, 0.5) is 18.9 Å². The number of alkyl halides is 3. The summed E-state index contributed by atoms with van der Waals surface area (Å²) in [6, 6.07) is 16.0. The smallest absolute Gasteiger partial charge is 0.355 e. The van der Waals surface area contributed by atoms with Gasteiger partial charge in [-0.05, 0) is 56.2 Å². The third kappa shape index (κ3) is 7.80. The summed E-state index contributed by atoms with van der Waals surface area (Å²) < 4.78 is 69.3. The number of rotatable bonds is 11. The number of nitrogens with one attached hydrogen (secondary N) is 1. The molecule has 0 spiro atoms. The number of likely N-dealkylation sites (N-methyl/N-ethyl adjacent to an activating group) is 1. The zero-order valence-corrected chi connectivity index (χ0v) is 24.4. The number of hydrogen-bond donors (Lipinski definition) is 1. The van der Waals surface area contributed by atoms with Gasteiger partial charge < -0.3 is 10.2 Å². The summed E-state index contributed by atoms with van der Waals surface area (Å²) in [5.41, 5.74) is 0.0173. The zero-order valence-electron chi connectivity index (χ0n) is 22.8. The van der Waals surface area contributed by atoms with Crippen LogP contribution < -0.4 is 9.62 Å². The van der Waals surface area contributed by atoms with Gasteiger partial charge in [0.25, 0.3) is 10.0 Å². The van der Waals surface area contributed by atoms with Gasteiger partial charge in [-0.2, -0.15) is 13.2 Å². The molecule has 0 aliphatic carbocycles. The number of sulfonamides is 1. The van der Waals surface area contributed by atoms with Crippen molar-refractivity contribution in [2.75, 3.05) is 17.4 Å². The van der Waals surface area contributed by atoms with Crippen molar-refractivity contribution in [2.45, 2.75) is 50.9 Å². The lowest BCUT2D eigenvalue weighted by molar-refractivity contribution is -0.140. The Morgan fingerprint density at radius 2 is 1.61 bits per heavy atom. The standard InChI is InChI=1S/C29H31ClF3N3O4S/c1-4-26(28(38)34-5-2)35(18-21-13-11-20(3)12-14-21)27(37)19-36(41(39,40)23-9-7-6-8-10-23)22-15-16-25(30)24(17-22)29(31,32)33/h6-17,26H,4-5,18-19H2,1-3H3,(H,34,38). The highest BCUT2D eigenvalue weighted by Gasteiger charge is 2.37. The average Bonchev–Trinajstić information content (AvgIpc) is 2.93. The van der Waals surface area contributed by atoms with Crippen LogP contribution in [0.25, 0.3) is 0 Å². The fourth-order valence-electron chi connectivity index (χ4n) is 4.24.